The van der Waals surface area contributed by atoms with E-state index in [1.165, 1.54) is 7.05 Å². The molecule has 1 heterocycles. The van der Waals surface area contributed by atoms with Crippen molar-refractivity contribution in [3.63, 3.8) is 0 Å². The minimum atomic E-state index is -3.94. The molecule has 0 atom stereocenters. The lowest BCUT2D eigenvalue weighted by Crippen LogP contribution is -2.39. The van der Waals surface area contributed by atoms with E-state index in [9.17, 15) is 24.6 Å². The maximum Gasteiger partial charge on any atom is 0.663 e. The standard InChI is InChI=1S/C4H4FN5O4/c1-8-2-3(6-7-8)4(5,9(11)12)10(13)14/h2H,1H3. The first kappa shape index (κ1) is 9.95. The maximum absolute atomic E-state index is 13.3. The van der Waals surface area contributed by atoms with Gasteiger partial charge >= 0.3 is 5.92 Å². The highest BCUT2D eigenvalue weighted by molar-refractivity contribution is 4.96. The minimum Gasteiger partial charge on any atom is -0.256 e. The Balaban J connectivity index is 3.26. The van der Waals surface area contributed by atoms with E-state index in [-0.39, 0.29) is 0 Å². The molecule has 0 aromatic carbocycles. The van der Waals surface area contributed by atoms with E-state index in [2.05, 4.69) is 10.3 Å². The second kappa shape index (κ2) is 2.97. The van der Waals surface area contributed by atoms with Crippen LogP contribution in [0.25, 0.3) is 0 Å². The first-order chi connectivity index (χ1) is 6.39. The van der Waals surface area contributed by atoms with Crippen molar-refractivity contribution in [1.29, 1.82) is 0 Å². The summed E-state index contributed by atoms with van der Waals surface area (Å²) >= 11 is 0. The molecule has 0 N–H and O–H groups in total. The minimum absolute atomic E-state index is 0.769. The van der Waals surface area contributed by atoms with Crippen LogP contribution < -0.4 is 0 Å². The highest BCUT2D eigenvalue weighted by Gasteiger charge is 2.63. The zero-order chi connectivity index (χ0) is 10.9. The second-order valence-corrected chi connectivity index (χ2v) is 2.38. The van der Waals surface area contributed by atoms with Gasteiger partial charge in [-0.1, -0.05) is 9.60 Å². The molecule has 0 saturated heterocycles. The highest BCUT2D eigenvalue weighted by atomic mass is 19.2. The molecule has 10 heteroatoms. The number of rotatable bonds is 3. The topological polar surface area (TPSA) is 117 Å². The van der Waals surface area contributed by atoms with Gasteiger partial charge in [0.15, 0.2) is 0 Å². The molecule has 0 radical (unpaired) electrons. The molecule has 0 aliphatic heterocycles. The van der Waals surface area contributed by atoms with Gasteiger partial charge in [0.1, 0.15) is 9.85 Å². The van der Waals surface area contributed by atoms with Gasteiger partial charge in [0.05, 0.1) is 6.20 Å². The van der Waals surface area contributed by atoms with Gasteiger partial charge in [0, 0.05) is 7.05 Å². The van der Waals surface area contributed by atoms with Gasteiger partial charge in [0.2, 0.25) is 0 Å². The smallest absolute Gasteiger partial charge is 0.256 e. The Labute approximate surface area is 75.4 Å². The van der Waals surface area contributed by atoms with Crippen molar-refractivity contribution in [2.45, 2.75) is 5.92 Å². The quantitative estimate of drug-likeness (QED) is 0.282. The van der Waals surface area contributed by atoms with Crippen LogP contribution in [-0.2, 0) is 13.0 Å². The van der Waals surface area contributed by atoms with Crippen LogP contribution in [0.2, 0.25) is 0 Å². The fourth-order valence-electron chi connectivity index (χ4n) is 0.747. The van der Waals surface area contributed by atoms with Gasteiger partial charge in [-0.05, 0) is 0 Å². The third-order valence-electron chi connectivity index (χ3n) is 1.41. The van der Waals surface area contributed by atoms with E-state index in [1.54, 1.807) is 0 Å². The molecule has 14 heavy (non-hydrogen) atoms. The first-order valence-electron chi connectivity index (χ1n) is 3.23. The molecule has 0 amide bonds. The van der Waals surface area contributed by atoms with E-state index in [1.807, 2.05) is 0 Å². The summed E-state index contributed by atoms with van der Waals surface area (Å²) in [7, 11) is 1.30. The predicted molar refractivity (Wildman–Crippen MR) is 37.8 cm³/mol. The fraction of sp³-hybridized carbons (Fsp3) is 0.500. The van der Waals surface area contributed by atoms with Crippen molar-refractivity contribution in [3.05, 3.63) is 32.1 Å². The Morgan fingerprint density at radius 1 is 1.50 bits per heavy atom. The van der Waals surface area contributed by atoms with Crippen LogP contribution in [-0.4, -0.2) is 24.8 Å². The van der Waals surface area contributed by atoms with Crippen LogP contribution in [0.5, 0.6) is 0 Å². The van der Waals surface area contributed by atoms with E-state index >= 15 is 0 Å². The molecule has 1 aromatic heterocycles. The van der Waals surface area contributed by atoms with Crippen molar-refractivity contribution in [1.82, 2.24) is 15.0 Å². The highest BCUT2D eigenvalue weighted by Crippen LogP contribution is 2.24. The molecular formula is C4H4FN5O4. The number of aromatic nitrogens is 3. The van der Waals surface area contributed by atoms with Gasteiger partial charge in [-0.3, -0.25) is 24.9 Å². The van der Waals surface area contributed by atoms with E-state index in [4.69, 9.17) is 0 Å². The van der Waals surface area contributed by atoms with Gasteiger partial charge in [-0.2, -0.15) is 0 Å². The Kier molecular flexibility index (Phi) is 2.11. The van der Waals surface area contributed by atoms with Gasteiger partial charge in [-0.15, -0.1) is 5.10 Å². The molecule has 9 nitrogen and oxygen atoms in total. The summed E-state index contributed by atoms with van der Waals surface area (Å²) in [5.74, 6) is -3.94. The summed E-state index contributed by atoms with van der Waals surface area (Å²) in [6.45, 7) is 0. The van der Waals surface area contributed by atoms with Gasteiger partial charge in [0.25, 0.3) is 5.69 Å². The lowest BCUT2D eigenvalue weighted by atomic mass is 10.3. The third-order valence-corrected chi connectivity index (χ3v) is 1.41. The lowest BCUT2D eigenvalue weighted by molar-refractivity contribution is -0.846. The Bertz CT molecular complexity index is 375. The van der Waals surface area contributed by atoms with E-state index in [0.29, 0.717) is 0 Å². The predicted octanol–water partition coefficient (Wildman–Crippen LogP) is -0.552. The lowest BCUT2D eigenvalue weighted by Gasteiger charge is -2.02. The van der Waals surface area contributed by atoms with Gasteiger partial charge in [-0.25, -0.2) is 0 Å². The van der Waals surface area contributed by atoms with Crippen molar-refractivity contribution in [2.24, 2.45) is 7.05 Å². The summed E-state index contributed by atoms with van der Waals surface area (Å²) < 4.78 is 14.2. The van der Waals surface area contributed by atoms with Crippen molar-refractivity contribution in [2.75, 3.05) is 0 Å². The third kappa shape index (κ3) is 1.26. The number of nitro groups is 2. The fourth-order valence-corrected chi connectivity index (χ4v) is 0.747. The molecule has 0 saturated carbocycles. The molecule has 0 spiro atoms. The van der Waals surface area contributed by atoms with Crippen LogP contribution in [0.1, 0.15) is 5.69 Å². The Morgan fingerprint density at radius 2 is 2.00 bits per heavy atom. The number of nitrogens with zero attached hydrogens (tertiary/aromatic N) is 5. The molecule has 76 valence electrons. The number of hydrogen-bond donors (Lipinski definition) is 0. The first-order valence-corrected chi connectivity index (χ1v) is 3.23. The second-order valence-electron chi connectivity index (χ2n) is 2.38. The zero-order valence-corrected chi connectivity index (χ0v) is 6.82. The molecule has 0 bridgehead atoms. The maximum atomic E-state index is 13.3. The van der Waals surface area contributed by atoms with Crippen LogP contribution in [0.3, 0.4) is 0 Å². The zero-order valence-electron chi connectivity index (χ0n) is 6.82. The van der Waals surface area contributed by atoms with Crippen molar-refractivity contribution in [3.8, 4) is 0 Å². The van der Waals surface area contributed by atoms with E-state index < -0.39 is 21.5 Å². The summed E-state index contributed by atoms with van der Waals surface area (Å²) in [6, 6.07) is 0. The average Bonchev–Trinajstić information content (AvgIpc) is 2.49. The Morgan fingerprint density at radius 3 is 2.29 bits per heavy atom. The number of hydrogen-bond acceptors (Lipinski definition) is 6. The Hall–Kier alpha value is -2.13. The molecule has 1 aromatic rings. The molecular weight excluding hydrogens is 201 g/mol. The summed E-state index contributed by atoms with van der Waals surface area (Å²) in [6.07, 6.45) is 0.769. The van der Waals surface area contributed by atoms with Crippen LogP contribution in [0.15, 0.2) is 6.20 Å². The monoisotopic (exact) mass is 205 g/mol. The van der Waals surface area contributed by atoms with Crippen molar-refractivity contribution < 1.29 is 14.2 Å². The molecule has 0 fully saturated rings. The molecule has 1 rings (SSSR count). The number of aryl methyl sites for hydroxylation is 1. The van der Waals surface area contributed by atoms with Crippen molar-refractivity contribution >= 4 is 0 Å². The molecule has 0 aliphatic carbocycles. The number of halogens is 1. The SMILES string of the molecule is Cn1cc(C(F)([N+](=O)[O-])[N+](=O)[O-])nn1. The van der Waals surface area contributed by atoms with E-state index in [0.717, 1.165) is 10.9 Å². The largest absolute Gasteiger partial charge is 0.663 e. The summed E-state index contributed by atoms with van der Waals surface area (Å²) in [5.41, 5.74) is -0.963. The molecule has 0 aliphatic rings. The van der Waals surface area contributed by atoms with Gasteiger partial charge < -0.3 is 0 Å². The summed E-state index contributed by atoms with van der Waals surface area (Å²) in [5, 5.41) is 26.5. The van der Waals surface area contributed by atoms with Crippen LogP contribution in [0, 0.1) is 20.2 Å². The average molecular weight is 205 g/mol. The van der Waals surface area contributed by atoms with Crippen LogP contribution in [0.4, 0.5) is 4.39 Å². The van der Waals surface area contributed by atoms with Crippen LogP contribution >= 0.6 is 0 Å². The normalized spacial score (nSPS) is 11.3. The summed E-state index contributed by atoms with van der Waals surface area (Å²) in [4.78, 5) is 17.0. The number of alkyl halides is 1. The molecule has 0 unspecified atom stereocenters.